The van der Waals surface area contributed by atoms with Crippen molar-refractivity contribution in [2.24, 2.45) is 11.5 Å². The van der Waals surface area contributed by atoms with Gasteiger partial charge in [-0.25, -0.2) is 0 Å². The van der Waals surface area contributed by atoms with E-state index in [2.05, 4.69) is 27.0 Å². The van der Waals surface area contributed by atoms with Crippen LogP contribution >= 0.6 is 0 Å². The fourth-order valence-corrected chi connectivity index (χ4v) is 4.14. The highest BCUT2D eigenvalue weighted by Crippen LogP contribution is 2.30. The Morgan fingerprint density at radius 3 is 2.69 bits per heavy atom. The molecule has 2 heterocycles. The van der Waals surface area contributed by atoms with Gasteiger partial charge in [0.1, 0.15) is 5.75 Å². The molecular weight excluding hydrogens is 364 g/mol. The first-order valence-corrected chi connectivity index (χ1v) is 10.3. The number of nitrogens with two attached hydrogens (primary N) is 2. The minimum Gasteiger partial charge on any atom is -0.507 e. The number of aromatic nitrogens is 2. The van der Waals surface area contributed by atoms with E-state index >= 15 is 0 Å². The van der Waals surface area contributed by atoms with E-state index < -0.39 is 0 Å². The van der Waals surface area contributed by atoms with Gasteiger partial charge < -0.3 is 21.5 Å². The molecule has 1 atom stereocenters. The first-order valence-electron chi connectivity index (χ1n) is 10.3. The van der Waals surface area contributed by atoms with E-state index in [-0.39, 0.29) is 5.75 Å². The van der Waals surface area contributed by atoms with Crippen molar-refractivity contribution in [3.05, 3.63) is 54.1 Å². The molecule has 2 aliphatic rings. The highest BCUT2D eigenvalue weighted by molar-refractivity contribution is 5.74. The number of likely N-dealkylation sites (tertiary alicyclic amines) is 1. The quantitative estimate of drug-likeness (QED) is 0.561. The number of likely N-dealkylation sites (N-methyl/N-ethyl adjacent to an activating group) is 1. The summed E-state index contributed by atoms with van der Waals surface area (Å²) in [7, 11) is 2.24. The summed E-state index contributed by atoms with van der Waals surface area (Å²) in [6, 6.07) is 6.72. The van der Waals surface area contributed by atoms with E-state index in [4.69, 9.17) is 11.5 Å². The number of hydrogen-bond donors (Lipinski definition) is 4. The number of H-pyrrole nitrogens is 1. The second-order valence-corrected chi connectivity index (χ2v) is 8.07. The molecule has 154 valence electrons. The number of phenolic OH excluding ortho intramolecular Hbond substituents is 1. The molecule has 1 aliphatic heterocycles. The lowest BCUT2D eigenvalue weighted by atomic mass is 9.91. The average Bonchev–Trinajstić information content (AvgIpc) is 3.36. The second kappa shape index (κ2) is 8.21. The number of aromatic amines is 1. The standard InChI is InChI=1S/C22H30N6O/c1-27(17-3-2-4-17)18-9-10-28(14-18)22(24)8-7-20(23)19-6-5-15(11-21(19)29)16-12-25-26-13-16/h5-8,11-13,17-18,29H,2-4,9-10,14,23-24H2,1H3,(H,25,26)/b20-7-,22-8+. The van der Waals surface area contributed by atoms with Crippen LogP contribution in [0.4, 0.5) is 0 Å². The van der Waals surface area contributed by atoms with Gasteiger partial charge in [-0.3, -0.25) is 10.00 Å². The van der Waals surface area contributed by atoms with Gasteiger partial charge in [0.15, 0.2) is 0 Å². The third kappa shape index (κ3) is 4.10. The zero-order valence-corrected chi connectivity index (χ0v) is 16.9. The van der Waals surface area contributed by atoms with Crippen LogP contribution in [0.3, 0.4) is 0 Å². The fourth-order valence-electron chi connectivity index (χ4n) is 4.14. The van der Waals surface area contributed by atoms with Crippen molar-refractivity contribution in [1.82, 2.24) is 20.0 Å². The largest absolute Gasteiger partial charge is 0.507 e. The summed E-state index contributed by atoms with van der Waals surface area (Å²) >= 11 is 0. The topological polar surface area (TPSA) is 107 Å². The molecule has 1 aliphatic carbocycles. The average molecular weight is 395 g/mol. The van der Waals surface area contributed by atoms with Gasteiger partial charge in [0, 0.05) is 48.2 Å². The second-order valence-electron chi connectivity index (χ2n) is 8.07. The molecule has 1 aromatic carbocycles. The maximum Gasteiger partial charge on any atom is 0.125 e. The third-order valence-electron chi connectivity index (χ3n) is 6.33. The van der Waals surface area contributed by atoms with Gasteiger partial charge >= 0.3 is 0 Å². The molecule has 0 radical (unpaired) electrons. The number of allylic oxidation sites excluding steroid dienone is 2. The Morgan fingerprint density at radius 1 is 1.21 bits per heavy atom. The first kappa shape index (κ1) is 19.4. The number of benzene rings is 1. The van der Waals surface area contributed by atoms with Crippen LogP contribution in [0.2, 0.25) is 0 Å². The Labute approximate surface area is 171 Å². The van der Waals surface area contributed by atoms with Crippen LogP contribution in [0.15, 0.2) is 48.6 Å². The predicted octanol–water partition coefficient (Wildman–Crippen LogP) is 2.44. The Morgan fingerprint density at radius 2 is 2.03 bits per heavy atom. The van der Waals surface area contributed by atoms with E-state index in [1.54, 1.807) is 24.5 Å². The number of phenols is 1. The highest BCUT2D eigenvalue weighted by Gasteiger charge is 2.32. The van der Waals surface area contributed by atoms with Crippen molar-refractivity contribution < 1.29 is 5.11 Å². The van der Waals surface area contributed by atoms with E-state index in [1.165, 1.54) is 19.3 Å². The predicted molar refractivity (Wildman–Crippen MR) is 116 cm³/mol. The first-order chi connectivity index (χ1) is 14.0. The van der Waals surface area contributed by atoms with Crippen LogP contribution in [0.5, 0.6) is 5.75 Å². The Kier molecular flexibility index (Phi) is 5.49. The molecule has 1 aromatic heterocycles. The Bertz CT molecular complexity index is 900. The van der Waals surface area contributed by atoms with Crippen LogP contribution in [0.1, 0.15) is 31.2 Å². The van der Waals surface area contributed by atoms with E-state index in [0.29, 0.717) is 23.1 Å². The molecular formula is C22H30N6O. The summed E-state index contributed by atoms with van der Waals surface area (Å²) in [6.45, 7) is 1.91. The molecule has 6 N–H and O–H groups in total. The van der Waals surface area contributed by atoms with Crippen molar-refractivity contribution in [3.8, 4) is 16.9 Å². The summed E-state index contributed by atoms with van der Waals surface area (Å²) in [5.74, 6) is 0.847. The molecule has 7 nitrogen and oxygen atoms in total. The molecule has 4 rings (SSSR count). The zero-order valence-electron chi connectivity index (χ0n) is 16.9. The van der Waals surface area contributed by atoms with Crippen LogP contribution in [0.25, 0.3) is 16.8 Å². The van der Waals surface area contributed by atoms with E-state index in [0.717, 1.165) is 36.7 Å². The minimum atomic E-state index is 0.132. The number of hydrogen-bond acceptors (Lipinski definition) is 6. The van der Waals surface area contributed by atoms with Gasteiger partial charge in [-0.15, -0.1) is 0 Å². The minimum absolute atomic E-state index is 0.132. The van der Waals surface area contributed by atoms with Gasteiger partial charge in [0.2, 0.25) is 0 Å². The number of nitrogens with one attached hydrogen (secondary N) is 1. The molecule has 29 heavy (non-hydrogen) atoms. The fraction of sp³-hybridized carbons (Fsp3) is 0.409. The summed E-state index contributed by atoms with van der Waals surface area (Å²) < 4.78 is 0. The van der Waals surface area contributed by atoms with Crippen LogP contribution in [-0.2, 0) is 0 Å². The zero-order chi connectivity index (χ0) is 20.4. The normalized spacial score (nSPS) is 21.0. The smallest absolute Gasteiger partial charge is 0.125 e. The summed E-state index contributed by atoms with van der Waals surface area (Å²) in [4.78, 5) is 4.74. The van der Waals surface area contributed by atoms with Crippen molar-refractivity contribution in [2.45, 2.75) is 37.8 Å². The van der Waals surface area contributed by atoms with E-state index in [9.17, 15) is 5.11 Å². The van der Waals surface area contributed by atoms with Crippen LogP contribution < -0.4 is 11.5 Å². The van der Waals surface area contributed by atoms with E-state index in [1.807, 2.05) is 18.2 Å². The summed E-state index contributed by atoms with van der Waals surface area (Å²) in [5, 5.41) is 17.1. The lowest BCUT2D eigenvalue weighted by Crippen LogP contribution is -2.45. The molecule has 1 unspecified atom stereocenters. The highest BCUT2D eigenvalue weighted by atomic mass is 16.3. The van der Waals surface area contributed by atoms with Crippen molar-refractivity contribution in [3.63, 3.8) is 0 Å². The maximum absolute atomic E-state index is 10.4. The Balaban J connectivity index is 1.41. The number of rotatable bonds is 6. The number of nitrogens with zero attached hydrogens (tertiary/aromatic N) is 3. The van der Waals surface area contributed by atoms with Gasteiger partial charge in [-0.2, -0.15) is 5.10 Å². The molecule has 1 saturated heterocycles. The molecule has 7 heteroatoms. The molecule has 2 aromatic rings. The molecule has 1 saturated carbocycles. The summed E-state index contributed by atoms with van der Waals surface area (Å²) in [6.07, 6.45) is 12.2. The molecule has 0 amide bonds. The van der Waals surface area contributed by atoms with Crippen molar-refractivity contribution in [2.75, 3.05) is 20.1 Å². The van der Waals surface area contributed by atoms with Gasteiger partial charge in [-0.1, -0.05) is 12.5 Å². The van der Waals surface area contributed by atoms with Crippen molar-refractivity contribution in [1.29, 1.82) is 0 Å². The molecule has 0 bridgehead atoms. The molecule has 0 spiro atoms. The lowest BCUT2D eigenvalue weighted by Gasteiger charge is -2.38. The monoisotopic (exact) mass is 394 g/mol. The van der Waals surface area contributed by atoms with Gasteiger partial charge in [0.05, 0.1) is 12.0 Å². The van der Waals surface area contributed by atoms with Gasteiger partial charge in [-0.05, 0) is 56.2 Å². The van der Waals surface area contributed by atoms with Crippen molar-refractivity contribution >= 4 is 5.70 Å². The molecule has 2 fully saturated rings. The van der Waals surface area contributed by atoms with Crippen LogP contribution in [-0.4, -0.2) is 57.3 Å². The Hall–Kier alpha value is -2.93. The lowest BCUT2D eigenvalue weighted by molar-refractivity contribution is 0.114. The third-order valence-corrected chi connectivity index (χ3v) is 6.33. The van der Waals surface area contributed by atoms with Gasteiger partial charge in [0.25, 0.3) is 0 Å². The SMILES string of the molecule is CN(C1CCC1)C1CCN(/C(N)=C/C=C(\N)c2ccc(-c3cn[nH]c3)cc2O)C1. The van der Waals surface area contributed by atoms with Crippen LogP contribution in [0, 0.1) is 0 Å². The maximum atomic E-state index is 10.4. The summed E-state index contributed by atoms with van der Waals surface area (Å²) in [5.41, 5.74) is 15.4. The number of aromatic hydroxyl groups is 1.